The molecular formula is C12H10Cl3N. The molecule has 0 bridgehead atoms. The van der Waals surface area contributed by atoms with Crippen LogP contribution in [-0.2, 0) is 6.42 Å². The molecule has 1 aromatic carbocycles. The molecule has 0 amide bonds. The molecule has 84 valence electrons. The fourth-order valence-corrected chi connectivity index (χ4v) is 2.93. The van der Waals surface area contributed by atoms with E-state index in [2.05, 4.69) is 4.98 Å². The predicted molar refractivity (Wildman–Crippen MR) is 70.9 cm³/mol. The number of aryl methyl sites for hydroxylation is 1. The van der Waals surface area contributed by atoms with Crippen LogP contribution in [0, 0.1) is 6.92 Å². The third kappa shape index (κ3) is 1.88. The molecular weight excluding hydrogens is 264 g/mol. The van der Waals surface area contributed by atoms with Crippen LogP contribution in [0.1, 0.15) is 18.2 Å². The van der Waals surface area contributed by atoms with E-state index in [9.17, 15) is 0 Å². The Morgan fingerprint density at radius 1 is 1.19 bits per heavy atom. The van der Waals surface area contributed by atoms with Gasteiger partial charge in [0, 0.05) is 16.1 Å². The molecule has 2 aromatic rings. The second kappa shape index (κ2) is 4.40. The van der Waals surface area contributed by atoms with Crippen molar-refractivity contribution in [1.29, 1.82) is 0 Å². The molecule has 0 aliphatic rings. The molecule has 0 radical (unpaired) electrons. The highest BCUT2D eigenvalue weighted by Gasteiger charge is 2.12. The Kier molecular flexibility index (Phi) is 3.29. The van der Waals surface area contributed by atoms with Crippen molar-refractivity contribution in [1.82, 2.24) is 4.98 Å². The summed E-state index contributed by atoms with van der Waals surface area (Å²) >= 11 is 18.4. The zero-order chi connectivity index (χ0) is 11.9. The standard InChI is InChI=1S/C12H10Cl3N/c1-3-8-6(2)16-10-5-7(13)4-9(14)11(10)12(8)15/h4-5H,3H2,1-2H3. The molecule has 0 fully saturated rings. The lowest BCUT2D eigenvalue weighted by atomic mass is 10.1. The highest BCUT2D eigenvalue weighted by Crippen LogP contribution is 2.35. The molecule has 0 aliphatic heterocycles. The molecule has 0 aliphatic carbocycles. The molecule has 0 unspecified atom stereocenters. The molecule has 0 saturated carbocycles. The number of hydrogen-bond donors (Lipinski definition) is 0. The predicted octanol–water partition coefficient (Wildman–Crippen LogP) is 5.07. The minimum absolute atomic E-state index is 0.551. The Balaban J connectivity index is 2.93. The molecule has 1 nitrogen and oxygen atoms in total. The molecule has 2 rings (SSSR count). The first-order valence-electron chi connectivity index (χ1n) is 4.98. The first kappa shape index (κ1) is 12.0. The van der Waals surface area contributed by atoms with E-state index in [4.69, 9.17) is 34.8 Å². The highest BCUT2D eigenvalue weighted by molar-refractivity contribution is 6.43. The number of fused-ring (bicyclic) bond motifs is 1. The molecule has 1 aromatic heterocycles. The van der Waals surface area contributed by atoms with Crippen LogP contribution in [0.25, 0.3) is 10.9 Å². The lowest BCUT2D eigenvalue weighted by Crippen LogP contribution is -1.95. The van der Waals surface area contributed by atoms with Crippen molar-refractivity contribution in [3.63, 3.8) is 0 Å². The topological polar surface area (TPSA) is 12.9 Å². The summed E-state index contributed by atoms with van der Waals surface area (Å²) in [6.45, 7) is 3.99. The van der Waals surface area contributed by atoms with Crippen molar-refractivity contribution < 1.29 is 0 Å². The van der Waals surface area contributed by atoms with E-state index in [1.54, 1.807) is 12.1 Å². The van der Waals surface area contributed by atoms with Gasteiger partial charge in [-0.1, -0.05) is 41.7 Å². The average Bonchev–Trinajstić information content (AvgIpc) is 2.15. The van der Waals surface area contributed by atoms with Gasteiger partial charge in [0.05, 0.1) is 15.6 Å². The smallest absolute Gasteiger partial charge is 0.0750 e. The average molecular weight is 275 g/mol. The van der Waals surface area contributed by atoms with Crippen LogP contribution in [0.2, 0.25) is 15.1 Å². The van der Waals surface area contributed by atoms with Crippen LogP contribution >= 0.6 is 34.8 Å². The Morgan fingerprint density at radius 2 is 1.88 bits per heavy atom. The Hall–Kier alpha value is -0.500. The van der Waals surface area contributed by atoms with Crippen molar-refractivity contribution >= 4 is 45.7 Å². The monoisotopic (exact) mass is 273 g/mol. The molecule has 16 heavy (non-hydrogen) atoms. The van der Waals surface area contributed by atoms with Crippen LogP contribution < -0.4 is 0 Å². The molecule has 0 saturated heterocycles. The number of halogens is 3. The second-order valence-electron chi connectivity index (χ2n) is 3.63. The van der Waals surface area contributed by atoms with Crippen molar-refractivity contribution in [3.8, 4) is 0 Å². The fraction of sp³-hybridized carbons (Fsp3) is 0.250. The highest BCUT2D eigenvalue weighted by atomic mass is 35.5. The third-order valence-electron chi connectivity index (χ3n) is 2.60. The number of pyridine rings is 1. The van der Waals surface area contributed by atoms with E-state index >= 15 is 0 Å². The summed E-state index contributed by atoms with van der Waals surface area (Å²) in [7, 11) is 0. The third-order valence-corrected chi connectivity index (χ3v) is 3.53. The van der Waals surface area contributed by atoms with Gasteiger partial charge >= 0.3 is 0 Å². The molecule has 0 spiro atoms. The van der Waals surface area contributed by atoms with Crippen LogP contribution in [0.5, 0.6) is 0 Å². The van der Waals surface area contributed by atoms with E-state index in [1.807, 2.05) is 13.8 Å². The van der Waals surface area contributed by atoms with Gasteiger partial charge in [-0.3, -0.25) is 4.98 Å². The zero-order valence-electron chi connectivity index (χ0n) is 8.94. The van der Waals surface area contributed by atoms with Crippen LogP contribution in [0.3, 0.4) is 0 Å². The second-order valence-corrected chi connectivity index (χ2v) is 4.85. The lowest BCUT2D eigenvalue weighted by molar-refractivity contribution is 1.07. The van der Waals surface area contributed by atoms with Crippen LogP contribution in [-0.4, -0.2) is 4.98 Å². The first-order chi connectivity index (χ1) is 7.54. The van der Waals surface area contributed by atoms with Gasteiger partial charge < -0.3 is 0 Å². The quantitative estimate of drug-likeness (QED) is 0.708. The maximum absolute atomic E-state index is 6.34. The number of hydrogen-bond acceptors (Lipinski definition) is 1. The van der Waals surface area contributed by atoms with Gasteiger partial charge in [-0.25, -0.2) is 0 Å². The van der Waals surface area contributed by atoms with Crippen molar-refractivity contribution in [2.75, 3.05) is 0 Å². The van der Waals surface area contributed by atoms with Gasteiger partial charge in [0.25, 0.3) is 0 Å². The maximum Gasteiger partial charge on any atom is 0.0750 e. The van der Waals surface area contributed by atoms with Gasteiger partial charge in [0.15, 0.2) is 0 Å². The van der Waals surface area contributed by atoms with E-state index in [1.165, 1.54) is 0 Å². The summed E-state index contributed by atoms with van der Waals surface area (Å²) in [4.78, 5) is 4.48. The van der Waals surface area contributed by atoms with Gasteiger partial charge in [-0.05, 0) is 31.0 Å². The Labute approximate surface area is 109 Å². The van der Waals surface area contributed by atoms with Gasteiger partial charge in [-0.2, -0.15) is 0 Å². The van der Waals surface area contributed by atoms with Crippen molar-refractivity contribution in [2.45, 2.75) is 20.3 Å². The summed E-state index contributed by atoms with van der Waals surface area (Å²) < 4.78 is 0. The maximum atomic E-state index is 6.34. The summed E-state index contributed by atoms with van der Waals surface area (Å²) in [5.74, 6) is 0. The number of nitrogens with zero attached hydrogens (tertiary/aromatic N) is 1. The SMILES string of the molecule is CCc1c(C)nc2cc(Cl)cc(Cl)c2c1Cl. The summed E-state index contributed by atoms with van der Waals surface area (Å²) in [5, 5.41) is 2.60. The van der Waals surface area contributed by atoms with Crippen molar-refractivity contribution in [3.05, 3.63) is 38.5 Å². The first-order valence-corrected chi connectivity index (χ1v) is 6.11. The largest absolute Gasteiger partial charge is 0.253 e. The van der Waals surface area contributed by atoms with E-state index in [0.717, 1.165) is 28.6 Å². The fourth-order valence-electron chi connectivity index (χ4n) is 1.83. The Morgan fingerprint density at radius 3 is 2.50 bits per heavy atom. The summed E-state index contributed by atoms with van der Waals surface area (Å²) in [6.07, 6.45) is 0.840. The molecule has 0 N–H and O–H groups in total. The molecule has 0 atom stereocenters. The number of aromatic nitrogens is 1. The minimum Gasteiger partial charge on any atom is -0.253 e. The van der Waals surface area contributed by atoms with Gasteiger partial charge in [-0.15, -0.1) is 0 Å². The van der Waals surface area contributed by atoms with E-state index in [0.29, 0.717) is 15.1 Å². The minimum atomic E-state index is 0.551. The number of rotatable bonds is 1. The van der Waals surface area contributed by atoms with Gasteiger partial charge in [0.2, 0.25) is 0 Å². The van der Waals surface area contributed by atoms with E-state index in [-0.39, 0.29) is 0 Å². The lowest BCUT2D eigenvalue weighted by Gasteiger charge is -2.10. The van der Waals surface area contributed by atoms with Gasteiger partial charge in [0.1, 0.15) is 0 Å². The normalized spacial score (nSPS) is 11.1. The molecule has 1 heterocycles. The summed E-state index contributed by atoms with van der Waals surface area (Å²) in [5.41, 5.74) is 2.72. The van der Waals surface area contributed by atoms with Crippen molar-refractivity contribution in [2.24, 2.45) is 0 Å². The molecule has 4 heteroatoms. The van der Waals surface area contributed by atoms with Crippen LogP contribution in [0.15, 0.2) is 12.1 Å². The Bertz CT molecular complexity index is 564. The van der Waals surface area contributed by atoms with Crippen LogP contribution in [0.4, 0.5) is 0 Å². The summed E-state index contributed by atoms with van der Waals surface area (Å²) in [6, 6.07) is 3.47. The van der Waals surface area contributed by atoms with E-state index < -0.39 is 0 Å². The number of benzene rings is 1. The zero-order valence-corrected chi connectivity index (χ0v) is 11.2.